The topological polar surface area (TPSA) is 66.0 Å². The van der Waals surface area contributed by atoms with Gasteiger partial charge in [-0.15, -0.1) is 0 Å². The van der Waals surface area contributed by atoms with Gasteiger partial charge in [0.05, 0.1) is 26.4 Å². The molecular weight excluding hydrogens is 394 g/mol. The lowest BCUT2D eigenvalue weighted by Gasteiger charge is -2.12. The van der Waals surface area contributed by atoms with Crippen molar-refractivity contribution in [3.05, 3.63) is 71.2 Å². The average Bonchev–Trinajstić information content (AvgIpc) is 2.74. The summed E-state index contributed by atoms with van der Waals surface area (Å²) in [7, 11) is 4.57. The first-order valence-electron chi connectivity index (χ1n) is 8.69. The number of carbonyl (C=O) groups excluding carboxylic acids is 1. The maximum absolute atomic E-state index is 12.6. The van der Waals surface area contributed by atoms with E-state index in [2.05, 4.69) is 5.32 Å². The zero-order valence-corrected chi connectivity index (χ0v) is 16.9. The molecule has 0 atom stereocenters. The van der Waals surface area contributed by atoms with Crippen LogP contribution in [0.5, 0.6) is 28.7 Å². The molecule has 0 radical (unpaired) electrons. The van der Waals surface area contributed by atoms with Crippen molar-refractivity contribution < 1.29 is 23.7 Å². The van der Waals surface area contributed by atoms with Gasteiger partial charge in [0.15, 0.2) is 11.5 Å². The SMILES string of the molecule is COc1cccc(Oc2ccc(NC(=O)c3cc(Cl)c(OC)c(OC)c3)cc2)c1. The molecule has 0 aliphatic rings. The van der Waals surface area contributed by atoms with Crippen LogP contribution in [0, 0.1) is 0 Å². The molecule has 29 heavy (non-hydrogen) atoms. The van der Waals surface area contributed by atoms with Crippen LogP contribution in [0.2, 0.25) is 5.02 Å². The molecule has 0 fully saturated rings. The molecule has 0 spiro atoms. The van der Waals surface area contributed by atoms with E-state index in [9.17, 15) is 4.79 Å². The number of anilines is 1. The number of methoxy groups -OCH3 is 3. The van der Waals surface area contributed by atoms with Crippen LogP contribution >= 0.6 is 11.6 Å². The summed E-state index contributed by atoms with van der Waals surface area (Å²) < 4.78 is 21.4. The van der Waals surface area contributed by atoms with Gasteiger partial charge in [-0.3, -0.25) is 4.79 Å². The Bertz CT molecular complexity index is 1000. The van der Waals surface area contributed by atoms with Crippen molar-refractivity contribution >= 4 is 23.2 Å². The number of hydrogen-bond acceptors (Lipinski definition) is 5. The van der Waals surface area contributed by atoms with Crippen molar-refractivity contribution in [2.75, 3.05) is 26.6 Å². The number of nitrogens with one attached hydrogen (secondary N) is 1. The summed E-state index contributed by atoms with van der Waals surface area (Å²) in [5.41, 5.74) is 0.961. The Morgan fingerprint density at radius 3 is 2.21 bits per heavy atom. The summed E-state index contributed by atoms with van der Waals surface area (Å²) in [6.07, 6.45) is 0. The highest BCUT2D eigenvalue weighted by atomic mass is 35.5. The molecule has 6 nitrogen and oxygen atoms in total. The minimum Gasteiger partial charge on any atom is -0.497 e. The van der Waals surface area contributed by atoms with Gasteiger partial charge in [0.25, 0.3) is 5.91 Å². The van der Waals surface area contributed by atoms with Crippen LogP contribution in [0.1, 0.15) is 10.4 Å². The quantitative estimate of drug-likeness (QED) is 0.561. The molecule has 1 amide bonds. The molecule has 7 heteroatoms. The Morgan fingerprint density at radius 2 is 1.55 bits per heavy atom. The fourth-order valence-corrected chi connectivity index (χ4v) is 2.95. The van der Waals surface area contributed by atoms with Crippen LogP contribution in [-0.2, 0) is 0 Å². The number of amides is 1. The Labute approximate surface area is 173 Å². The Balaban J connectivity index is 1.71. The maximum Gasteiger partial charge on any atom is 0.255 e. The summed E-state index contributed by atoms with van der Waals surface area (Å²) in [5.74, 6) is 2.43. The standard InChI is InChI=1S/C22H20ClNO5/c1-26-17-5-4-6-18(13-17)29-16-9-7-15(8-10-16)24-22(25)14-11-19(23)21(28-3)20(12-14)27-2/h4-13H,1-3H3,(H,24,25). The zero-order valence-electron chi connectivity index (χ0n) is 16.2. The molecule has 0 saturated carbocycles. The van der Waals surface area contributed by atoms with E-state index < -0.39 is 0 Å². The summed E-state index contributed by atoms with van der Waals surface area (Å²) in [4.78, 5) is 12.6. The fraction of sp³-hybridized carbons (Fsp3) is 0.136. The van der Waals surface area contributed by atoms with Crippen molar-refractivity contribution in [1.29, 1.82) is 0 Å². The molecule has 150 valence electrons. The van der Waals surface area contributed by atoms with E-state index >= 15 is 0 Å². The smallest absolute Gasteiger partial charge is 0.255 e. The molecule has 0 aromatic heterocycles. The highest BCUT2D eigenvalue weighted by molar-refractivity contribution is 6.32. The van der Waals surface area contributed by atoms with Gasteiger partial charge in [0.1, 0.15) is 17.2 Å². The Morgan fingerprint density at radius 1 is 0.828 bits per heavy atom. The van der Waals surface area contributed by atoms with Gasteiger partial charge < -0.3 is 24.3 Å². The molecule has 3 rings (SSSR count). The highest BCUT2D eigenvalue weighted by Gasteiger charge is 2.15. The van der Waals surface area contributed by atoms with Crippen LogP contribution in [0.3, 0.4) is 0 Å². The third-order valence-corrected chi connectivity index (χ3v) is 4.37. The number of ether oxygens (including phenoxy) is 4. The van der Waals surface area contributed by atoms with Gasteiger partial charge in [-0.2, -0.15) is 0 Å². The molecule has 0 unspecified atom stereocenters. The second kappa shape index (κ2) is 9.21. The predicted molar refractivity (Wildman–Crippen MR) is 112 cm³/mol. The van der Waals surface area contributed by atoms with Gasteiger partial charge in [-0.05, 0) is 48.5 Å². The Hall–Kier alpha value is -3.38. The number of halogens is 1. The molecule has 0 aliphatic carbocycles. The van der Waals surface area contributed by atoms with Crippen molar-refractivity contribution in [1.82, 2.24) is 0 Å². The van der Waals surface area contributed by atoms with Crippen molar-refractivity contribution in [3.63, 3.8) is 0 Å². The molecule has 0 bridgehead atoms. The maximum atomic E-state index is 12.6. The largest absolute Gasteiger partial charge is 0.497 e. The van der Waals surface area contributed by atoms with Gasteiger partial charge in [0, 0.05) is 17.3 Å². The summed E-state index contributed by atoms with van der Waals surface area (Å²) >= 11 is 6.17. The van der Waals surface area contributed by atoms with Crippen LogP contribution in [0.25, 0.3) is 0 Å². The second-order valence-corrected chi connectivity index (χ2v) is 6.36. The summed E-state index contributed by atoms with van der Waals surface area (Å²) in [6.45, 7) is 0. The minimum atomic E-state index is -0.325. The van der Waals surface area contributed by atoms with Crippen LogP contribution in [-0.4, -0.2) is 27.2 Å². The van der Waals surface area contributed by atoms with E-state index in [0.717, 1.165) is 0 Å². The van der Waals surface area contributed by atoms with Crippen molar-refractivity contribution in [2.45, 2.75) is 0 Å². The van der Waals surface area contributed by atoms with E-state index in [-0.39, 0.29) is 5.91 Å². The molecular formula is C22H20ClNO5. The molecule has 0 heterocycles. The van der Waals surface area contributed by atoms with Crippen LogP contribution < -0.4 is 24.3 Å². The molecule has 0 saturated heterocycles. The van der Waals surface area contributed by atoms with Crippen LogP contribution in [0.4, 0.5) is 5.69 Å². The molecule has 1 N–H and O–H groups in total. The van der Waals surface area contributed by atoms with E-state index in [1.165, 1.54) is 20.3 Å². The zero-order chi connectivity index (χ0) is 20.8. The molecule has 3 aromatic carbocycles. The summed E-state index contributed by atoms with van der Waals surface area (Å²) in [5, 5.41) is 3.10. The Kier molecular flexibility index (Phi) is 6.46. The third-order valence-electron chi connectivity index (χ3n) is 4.08. The number of carbonyl (C=O) groups is 1. The monoisotopic (exact) mass is 413 g/mol. The number of benzene rings is 3. The third kappa shape index (κ3) is 4.92. The predicted octanol–water partition coefficient (Wildman–Crippen LogP) is 5.41. The normalized spacial score (nSPS) is 10.2. The molecule has 3 aromatic rings. The lowest BCUT2D eigenvalue weighted by molar-refractivity contribution is 0.102. The van der Waals surface area contributed by atoms with Crippen molar-refractivity contribution in [2.24, 2.45) is 0 Å². The first-order chi connectivity index (χ1) is 14.0. The van der Waals surface area contributed by atoms with Gasteiger partial charge >= 0.3 is 0 Å². The van der Waals surface area contributed by atoms with E-state index in [1.807, 2.05) is 18.2 Å². The van der Waals surface area contributed by atoms with E-state index in [0.29, 0.717) is 45.0 Å². The number of rotatable bonds is 7. The lowest BCUT2D eigenvalue weighted by atomic mass is 10.1. The van der Waals surface area contributed by atoms with E-state index in [1.54, 1.807) is 43.5 Å². The first-order valence-corrected chi connectivity index (χ1v) is 9.06. The lowest BCUT2D eigenvalue weighted by Crippen LogP contribution is -2.12. The van der Waals surface area contributed by atoms with Gasteiger partial charge in [0.2, 0.25) is 0 Å². The average molecular weight is 414 g/mol. The second-order valence-electron chi connectivity index (χ2n) is 5.95. The fourth-order valence-electron chi connectivity index (χ4n) is 2.66. The minimum absolute atomic E-state index is 0.291. The number of hydrogen-bond donors (Lipinski definition) is 1. The summed E-state index contributed by atoms with van der Waals surface area (Å²) in [6, 6.07) is 17.4. The molecule has 0 aliphatic heterocycles. The van der Waals surface area contributed by atoms with Crippen LogP contribution in [0.15, 0.2) is 60.7 Å². The van der Waals surface area contributed by atoms with Gasteiger partial charge in [-0.25, -0.2) is 0 Å². The van der Waals surface area contributed by atoms with Gasteiger partial charge in [-0.1, -0.05) is 17.7 Å². The van der Waals surface area contributed by atoms with Crippen molar-refractivity contribution in [3.8, 4) is 28.7 Å². The highest BCUT2D eigenvalue weighted by Crippen LogP contribution is 2.36. The first kappa shape index (κ1) is 20.4. The van der Waals surface area contributed by atoms with E-state index in [4.69, 9.17) is 30.5 Å².